The molecule has 0 spiro atoms. The zero-order valence-corrected chi connectivity index (χ0v) is 13.4. The van der Waals surface area contributed by atoms with Gasteiger partial charge in [-0.1, -0.05) is 11.6 Å². The molecule has 1 aromatic heterocycles. The number of hydrogen-bond acceptors (Lipinski definition) is 4. The van der Waals surface area contributed by atoms with Crippen molar-refractivity contribution in [2.45, 2.75) is 4.90 Å². The molecule has 20 heavy (non-hydrogen) atoms. The summed E-state index contributed by atoms with van der Waals surface area (Å²) in [6, 6.07) is 8.75. The van der Waals surface area contributed by atoms with E-state index in [9.17, 15) is 4.79 Å². The summed E-state index contributed by atoms with van der Waals surface area (Å²) in [6.45, 7) is 0. The van der Waals surface area contributed by atoms with E-state index < -0.39 is 0 Å². The number of nitrogens with two attached hydrogens (primary N) is 1. The van der Waals surface area contributed by atoms with Gasteiger partial charge in [-0.25, -0.2) is 4.98 Å². The molecule has 0 saturated heterocycles. The zero-order valence-electron chi connectivity index (χ0n) is 10.3. The van der Waals surface area contributed by atoms with Gasteiger partial charge in [0.2, 0.25) is 5.91 Å². The summed E-state index contributed by atoms with van der Waals surface area (Å²) >= 11 is 10.7. The fourth-order valence-electron chi connectivity index (χ4n) is 1.41. The van der Waals surface area contributed by atoms with Gasteiger partial charge in [0.15, 0.2) is 0 Å². The lowest BCUT2D eigenvalue weighted by atomic mass is 10.3. The molecule has 0 bridgehead atoms. The van der Waals surface area contributed by atoms with Crippen LogP contribution in [0.1, 0.15) is 0 Å². The highest BCUT2D eigenvalue weighted by Gasteiger charge is 2.07. The lowest BCUT2D eigenvalue weighted by molar-refractivity contribution is -0.113. The number of halogens is 2. The Hall–Kier alpha value is -1.24. The summed E-state index contributed by atoms with van der Waals surface area (Å²) < 4.78 is 0.860. The summed E-state index contributed by atoms with van der Waals surface area (Å²) in [5.74, 6) is 0.626. The molecule has 1 aromatic carbocycles. The van der Waals surface area contributed by atoms with Gasteiger partial charge in [-0.05, 0) is 46.3 Å². The van der Waals surface area contributed by atoms with Gasteiger partial charge >= 0.3 is 0 Å². The van der Waals surface area contributed by atoms with E-state index in [1.54, 1.807) is 30.5 Å². The first-order valence-electron chi connectivity index (χ1n) is 5.64. The molecule has 1 heterocycles. The Balaban J connectivity index is 1.90. The van der Waals surface area contributed by atoms with E-state index in [-0.39, 0.29) is 11.7 Å². The number of benzene rings is 1. The number of anilines is 2. The van der Waals surface area contributed by atoms with E-state index >= 15 is 0 Å². The van der Waals surface area contributed by atoms with E-state index in [1.807, 2.05) is 6.07 Å². The second kappa shape index (κ2) is 6.97. The fraction of sp³-hybridized carbons (Fsp3) is 0.0769. The molecule has 3 N–H and O–H groups in total. The lowest BCUT2D eigenvalue weighted by Crippen LogP contribution is -2.14. The third kappa shape index (κ3) is 4.40. The number of nitrogen functional groups attached to an aromatic ring is 1. The maximum absolute atomic E-state index is 11.8. The molecule has 0 aliphatic rings. The maximum Gasteiger partial charge on any atom is 0.235 e. The smallest absolute Gasteiger partial charge is 0.235 e. The standard InChI is InChI=1S/C13H11BrClN3OS/c14-8-1-4-12(17-6-8)18-13(19)7-20-11-3-2-9(16)5-10(11)15/h1-6H,7,16H2,(H,17,18,19). The second-order valence-corrected chi connectivity index (χ2v) is 6.23. The highest BCUT2D eigenvalue weighted by molar-refractivity contribution is 9.10. The van der Waals surface area contributed by atoms with Crippen molar-refractivity contribution in [1.82, 2.24) is 4.98 Å². The average Bonchev–Trinajstić information content (AvgIpc) is 2.40. The molecule has 104 valence electrons. The van der Waals surface area contributed by atoms with Crippen LogP contribution in [0.3, 0.4) is 0 Å². The summed E-state index contributed by atoms with van der Waals surface area (Å²) in [5, 5.41) is 3.26. The molecule has 0 aliphatic carbocycles. The Morgan fingerprint density at radius 1 is 1.40 bits per heavy atom. The number of amides is 1. The van der Waals surface area contributed by atoms with Crippen LogP contribution >= 0.6 is 39.3 Å². The van der Waals surface area contributed by atoms with Crippen molar-refractivity contribution in [2.75, 3.05) is 16.8 Å². The number of pyridine rings is 1. The van der Waals surface area contributed by atoms with Gasteiger partial charge in [0.25, 0.3) is 0 Å². The van der Waals surface area contributed by atoms with Crippen LogP contribution in [0, 0.1) is 0 Å². The molecule has 0 atom stereocenters. The lowest BCUT2D eigenvalue weighted by Gasteiger charge is -2.06. The Labute approximate surface area is 134 Å². The summed E-state index contributed by atoms with van der Waals surface area (Å²) in [7, 11) is 0. The van der Waals surface area contributed by atoms with Gasteiger partial charge in [0.05, 0.1) is 10.8 Å². The predicted molar refractivity (Wildman–Crippen MR) is 87.2 cm³/mol. The molecular formula is C13H11BrClN3OS. The fourth-order valence-corrected chi connectivity index (χ4v) is 2.71. The number of rotatable bonds is 4. The van der Waals surface area contributed by atoms with Crippen molar-refractivity contribution in [3.8, 4) is 0 Å². The molecule has 4 nitrogen and oxygen atoms in total. The van der Waals surface area contributed by atoms with Crippen LogP contribution in [-0.2, 0) is 4.79 Å². The quantitative estimate of drug-likeness (QED) is 0.632. The number of carbonyl (C=O) groups is 1. The molecule has 2 rings (SSSR count). The minimum Gasteiger partial charge on any atom is -0.399 e. The van der Waals surface area contributed by atoms with Crippen molar-refractivity contribution < 1.29 is 4.79 Å². The van der Waals surface area contributed by atoms with Crippen LogP contribution < -0.4 is 11.1 Å². The number of thioether (sulfide) groups is 1. The van der Waals surface area contributed by atoms with Crippen LogP contribution in [0.25, 0.3) is 0 Å². The van der Waals surface area contributed by atoms with Crippen LogP contribution in [0.15, 0.2) is 45.9 Å². The zero-order chi connectivity index (χ0) is 14.5. The second-order valence-electron chi connectivity index (χ2n) is 3.89. The molecular weight excluding hydrogens is 362 g/mol. The third-order valence-electron chi connectivity index (χ3n) is 2.31. The van der Waals surface area contributed by atoms with Crippen molar-refractivity contribution in [2.24, 2.45) is 0 Å². The van der Waals surface area contributed by atoms with Crippen molar-refractivity contribution in [1.29, 1.82) is 0 Å². The topological polar surface area (TPSA) is 68.0 Å². The average molecular weight is 373 g/mol. The predicted octanol–water partition coefficient (Wildman–Crippen LogP) is 3.81. The Morgan fingerprint density at radius 2 is 2.20 bits per heavy atom. The third-order valence-corrected chi connectivity index (χ3v) is 4.28. The maximum atomic E-state index is 11.8. The first kappa shape index (κ1) is 15.2. The van der Waals surface area contributed by atoms with Crippen molar-refractivity contribution in [3.05, 3.63) is 46.0 Å². The largest absolute Gasteiger partial charge is 0.399 e. The van der Waals surface area contributed by atoms with Gasteiger partial charge in [0.1, 0.15) is 5.82 Å². The SMILES string of the molecule is Nc1ccc(SCC(=O)Nc2ccc(Br)cn2)c(Cl)c1. The molecule has 0 aliphatic heterocycles. The van der Waals surface area contributed by atoms with Gasteiger partial charge in [-0.3, -0.25) is 4.79 Å². The van der Waals surface area contributed by atoms with Crippen LogP contribution in [0.4, 0.5) is 11.5 Å². The highest BCUT2D eigenvalue weighted by Crippen LogP contribution is 2.28. The van der Waals surface area contributed by atoms with Gasteiger partial charge in [0, 0.05) is 21.3 Å². The number of nitrogens with zero attached hydrogens (tertiary/aromatic N) is 1. The van der Waals surface area contributed by atoms with Gasteiger partial charge in [-0.15, -0.1) is 11.8 Å². The monoisotopic (exact) mass is 371 g/mol. The van der Waals surface area contributed by atoms with E-state index in [0.717, 1.165) is 9.37 Å². The molecule has 0 radical (unpaired) electrons. The van der Waals surface area contributed by atoms with Crippen LogP contribution in [-0.4, -0.2) is 16.6 Å². The van der Waals surface area contributed by atoms with Gasteiger partial charge in [-0.2, -0.15) is 0 Å². The minimum absolute atomic E-state index is 0.141. The molecule has 1 amide bonds. The summed E-state index contributed by atoms with van der Waals surface area (Å²) in [4.78, 5) is 16.7. The summed E-state index contributed by atoms with van der Waals surface area (Å²) in [5.41, 5.74) is 6.21. The Morgan fingerprint density at radius 3 is 2.85 bits per heavy atom. The highest BCUT2D eigenvalue weighted by atomic mass is 79.9. The molecule has 7 heteroatoms. The van der Waals surface area contributed by atoms with E-state index in [2.05, 4.69) is 26.2 Å². The summed E-state index contributed by atoms with van der Waals surface area (Å²) in [6.07, 6.45) is 1.62. The Bertz CT molecular complexity index is 622. The van der Waals surface area contributed by atoms with E-state index in [4.69, 9.17) is 17.3 Å². The number of aromatic nitrogens is 1. The first-order chi connectivity index (χ1) is 9.54. The normalized spacial score (nSPS) is 10.3. The van der Waals surface area contributed by atoms with Gasteiger partial charge < -0.3 is 11.1 Å². The Kier molecular flexibility index (Phi) is 5.28. The first-order valence-corrected chi connectivity index (χ1v) is 7.79. The van der Waals surface area contributed by atoms with Crippen molar-refractivity contribution in [3.63, 3.8) is 0 Å². The molecule has 0 saturated carbocycles. The molecule has 0 unspecified atom stereocenters. The van der Waals surface area contributed by atoms with Crippen molar-refractivity contribution >= 4 is 56.7 Å². The van der Waals surface area contributed by atoms with E-state index in [1.165, 1.54) is 11.8 Å². The molecule has 2 aromatic rings. The number of carbonyl (C=O) groups excluding carboxylic acids is 1. The number of nitrogens with one attached hydrogen (secondary N) is 1. The number of hydrogen-bond donors (Lipinski definition) is 2. The minimum atomic E-state index is -0.141. The molecule has 0 fully saturated rings. The van der Waals surface area contributed by atoms with Crippen LogP contribution in [0.2, 0.25) is 5.02 Å². The van der Waals surface area contributed by atoms with Crippen LogP contribution in [0.5, 0.6) is 0 Å². The van der Waals surface area contributed by atoms with E-state index in [0.29, 0.717) is 16.5 Å².